The number of thiophene rings is 1. The molecule has 1 aromatic heterocycles. The van der Waals surface area contributed by atoms with E-state index in [1.54, 1.807) is 24.3 Å². The van der Waals surface area contributed by atoms with E-state index >= 15 is 0 Å². The SMILES string of the molecule is O=C(Cc1cccs1)Nc1ccc([C@@H](O)[C@H]2COCC(=O)N2Cc2ccc(C(F)(F)F)cc2)cc1. The number of hydrogen-bond donors (Lipinski definition) is 2. The van der Waals surface area contributed by atoms with Crippen LogP contribution in [0.15, 0.2) is 66.0 Å². The third-order valence-corrected chi connectivity index (χ3v) is 6.56. The Labute approximate surface area is 204 Å². The van der Waals surface area contributed by atoms with E-state index in [2.05, 4.69) is 5.32 Å². The van der Waals surface area contributed by atoms with E-state index in [9.17, 15) is 27.9 Å². The topological polar surface area (TPSA) is 78.9 Å². The molecule has 184 valence electrons. The van der Waals surface area contributed by atoms with Crippen molar-refractivity contribution in [3.63, 3.8) is 0 Å². The number of aliphatic hydroxyl groups is 1. The highest BCUT2D eigenvalue weighted by atomic mass is 32.1. The number of ether oxygens (including phenoxy) is 1. The van der Waals surface area contributed by atoms with Crippen molar-refractivity contribution in [2.24, 2.45) is 0 Å². The van der Waals surface area contributed by atoms with Gasteiger partial charge in [-0.05, 0) is 46.8 Å². The number of aliphatic hydroxyl groups excluding tert-OH is 1. The van der Waals surface area contributed by atoms with Crippen LogP contribution in [-0.2, 0) is 33.5 Å². The molecule has 1 fully saturated rings. The van der Waals surface area contributed by atoms with Gasteiger partial charge in [0.2, 0.25) is 11.8 Å². The van der Waals surface area contributed by atoms with Gasteiger partial charge in [0, 0.05) is 17.1 Å². The number of morpholine rings is 1. The number of amides is 2. The molecule has 3 aromatic rings. The summed E-state index contributed by atoms with van der Waals surface area (Å²) in [5.74, 6) is -0.521. The van der Waals surface area contributed by atoms with E-state index in [1.807, 2.05) is 17.5 Å². The van der Waals surface area contributed by atoms with Gasteiger partial charge in [0.25, 0.3) is 0 Å². The van der Waals surface area contributed by atoms with E-state index in [1.165, 1.54) is 28.4 Å². The minimum absolute atomic E-state index is 0.0406. The van der Waals surface area contributed by atoms with Crippen molar-refractivity contribution in [1.29, 1.82) is 0 Å². The van der Waals surface area contributed by atoms with Crippen molar-refractivity contribution in [3.05, 3.63) is 87.6 Å². The van der Waals surface area contributed by atoms with Gasteiger partial charge < -0.3 is 20.1 Å². The number of halogens is 3. The predicted octanol–water partition coefficient (Wildman–Crippen LogP) is 4.41. The van der Waals surface area contributed by atoms with Gasteiger partial charge >= 0.3 is 6.18 Å². The summed E-state index contributed by atoms with van der Waals surface area (Å²) in [6.45, 7) is -0.0508. The van der Waals surface area contributed by atoms with Crippen LogP contribution in [0.5, 0.6) is 0 Å². The van der Waals surface area contributed by atoms with Crippen LogP contribution in [0.2, 0.25) is 0 Å². The van der Waals surface area contributed by atoms with Gasteiger partial charge in [0.15, 0.2) is 0 Å². The second-order valence-electron chi connectivity index (χ2n) is 8.17. The Morgan fingerprint density at radius 1 is 1.14 bits per heavy atom. The first-order valence-electron chi connectivity index (χ1n) is 10.8. The molecule has 4 rings (SSSR count). The Bertz CT molecular complexity index is 1150. The maximum absolute atomic E-state index is 12.8. The number of nitrogens with zero attached hydrogens (tertiary/aromatic N) is 1. The molecule has 0 radical (unpaired) electrons. The minimum atomic E-state index is -4.44. The smallest absolute Gasteiger partial charge is 0.386 e. The zero-order valence-corrected chi connectivity index (χ0v) is 19.3. The summed E-state index contributed by atoms with van der Waals surface area (Å²) in [5, 5.41) is 15.7. The molecule has 2 atom stereocenters. The Hall–Kier alpha value is -3.21. The molecular formula is C25H23F3N2O4S. The maximum Gasteiger partial charge on any atom is 0.416 e. The lowest BCUT2D eigenvalue weighted by Crippen LogP contribution is -2.51. The number of anilines is 1. The molecule has 1 aliphatic heterocycles. The fraction of sp³-hybridized carbons (Fsp3) is 0.280. The van der Waals surface area contributed by atoms with Gasteiger partial charge in [0.1, 0.15) is 12.7 Å². The molecule has 35 heavy (non-hydrogen) atoms. The summed E-state index contributed by atoms with van der Waals surface area (Å²) < 4.78 is 43.9. The summed E-state index contributed by atoms with van der Waals surface area (Å²) in [7, 11) is 0. The lowest BCUT2D eigenvalue weighted by molar-refractivity contribution is -0.155. The summed E-state index contributed by atoms with van der Waals surface area (Å²) in [4.78, 5) is 27.1. The van der Waals surface area contributed by atoms with Gasteiger partial charge in [0.05, 0.1) is 24.6 Å². The van der Waals surface area contributed by atoms with Gasteiger partial charge in [-0.1, -0.05) is 30.3 Å². The third kappa shape index (κ3) is 6.27. The highest BCUT2D eigenvalue weighted by Gasteiger charge is 2.35. The van der Waals surface area contributed by atoms with Crippen molar-refractivity contribution in [2.45, 2.75) is 31.3 Å². The van der Waals surface area contributed by atoms with Crippen molar-refractivity contribution >= 4 is 28.8 Å². The summed E-state index contributed by atoms with van der Waals surface area (Å²) in [6, 6.07) is 14.3. The second-order valence-corrected chi connectivity index (χ2v) is 9.20. The molecule has 1 saturated heterocycles. The first kappa shape index (κ1) is 24.9. The van der Waals surface area contributed by atoms with Gasteiger partial charge in [-0.15, -0.1) is 11.3 Å². The molecule has 0 spiro atoms. The van der Waals surface area contributed by atoms with Crippen LogP contribution in [0.3, 0.4) is 0 Å². The van der Waals surface area contributed by atoms with E-state index in [4.69, 9.17) is 4.74 Å². The number of carbonyl (C=O) groups excluding carboxylic acids is 2. The Morgan fingerprint density at radius 3 is 2.49 bits per heavy atom. The molecule has 2 N–H and O–H groups in total. The quantitative estimate of drug-likeness (QED) is 0.500. The van der Waals surface area contributed by atoms with Crippen molar-refractivity contribution < 1.29 is 32.6 Å². The summed E-state index contributed by atoms with van der Waals surface area (Å²) >= 11 is 1.50. The van der Waals surface area contributed by atoms with Crippen LogP contribution in [0.25, 0.3) is 0 Å². The van der Waals surface area contributed by atoms with Crippen LogP contribution in [-0.4, -0.2) is 41.1 Å². The molecule has 6 nitrogen and oxygen atoms in total. The molecule has 2 amide bonds. The second kappa shape index (κ2) is 10.6. The first-order valence-corrected chi connectivity index (χ1v) is 11.7. The highest BCUT2D eigenvalue weighted by molar-refractivity contribution is 7.10. The Morgan fingerprint density at radius 2 is 1.86 bits per heavy atom. The summed E-state index contributed by atoms with van der Waals surface area (Å²) in [5.41, 5.74) is 0.824. The average molecular weight is 505 g/mol. The predicted molar refractivity (Wildman–Crippen MR) is 125 cm³/mol. The number of rotatable bonds is 7. The maximum atomic E-state index is 12.8. The zero-order chi connectivity index (χ0) is 25.0. The lowest BCUT2D eigenvalue weighted by Gasteiger charge is -2.38. The number of benzene rings is 2. The largest absolute Gasteiger partial charge is 0.416 e. The van der Waals surface area contributed by atoms with E-state index in [0.29, 0.717) is 16.8 Å². The van der Waals surface area contributed by atoms with Gasteiger partial charge in [-0.2, -0.15) is 13.2 Å². The molecule has 2 aromatic carbocycles. The lowest BCUT2D eigenvalue weighted by atomic mass is 9.99. The zero-order valence-electron chi connectivity index (χ0n) is 18.5. The number of hydrogen-bond acceptors (Lipinski definition) is 5. The fourth-order valence-corrected chi connectivity index (χ4v) is 4.55. The molecule has 0 unspecified atom stereocenters. The normalized spacial score (nSPS) is 17.3. The Balaban J connectivity index is 1.43. The monoisotopic (exact) mass is 504 g/mol. The van der Waals surface area contributed by atoms with E-state index < -0.39 is 23.9 Å². The molecule has 0 saturated carbocycles. The van der Waals surface area contributed by atoms with Crippen molar-refractivity contribution in [2.75, 3.05) is 18.5 Å². The Kier molecular flexibility index (Phi) is 7.54. The van der Waals surface area contributed by atoms with E-state index in [-0.39, 0.29) is 38.0 Å². The van der Waals surface area contributed by atoms with Crippen LogP contribution in [0.4, 0.5) is 18.9 Å². The van der Waals surface area contributed by atoms with Crippen LogP contribution in [0.1, 0.15) is 27.7 Å². The highest BCUT2D eigenvalue weighted by Crippen LogP contribution is 2.30. The van der Waals surface area contributed by atoms with Crippen molar-refractivity contribution in [3.8, 4) is 0 Å². The molecular weight excluding hydrogens is 481 g/mol. The van der Waals surface area contributed by atoms with Crippen molar-refractivity contribution in [1.82, 2.24) is 4.90 Å². The molecule has 10 heteroatoms. The van der Waals surface area contributed by atoms with Crippen LogP contribution < -0.4 is 5.32 Å². The van der Waals surface area contributed by atoms with Crippen LogP contribution >= 0.6 is 11.3 Å². The summed E-state index contributed by atoms with van der Waals surface area (Å²) in [6.07, 6.45) is -5.27. The molecule has 0 aliphatic carbocycles. The van der Waals surface area contributed by atoms with Gasteiger partial charge in [-0.3, -0.25) is 9.59 Å². The third-order valence-electron chi connectivity index (χ3n) is 5.68. The van der Waals surface area contributed by atoms with Gasteiger partial charge in [-0.25, -0.2) is 0 Å². The standard InChI is InChI=1S/C25H23F3N2O4S/c26-25(27,28)18-7-3-16(4-8-18)13-30-21(14-34-15-23(30)32)24(33)17-5-9-19(10-6-17)29-22(31)12-20-2-1-11-35-20/h1-11,21,24,33H,12-15H2,(H,29,31)/t21-,24-/m1/s1. The average Bonchev–Trinajstić information content (AvgIpc) is 3.33. The van der Waals surface area contributed by atoms with E-state index in [0.717, 1.165) is 17.0 Å². The van der Waals surface area contributed by atoms with Crippen LogP contribution in [0, 0.1) is 0 Å². The molecule has 2 heterocycles. The molecule has 1 aliphatic rings. The molecule has 0 bridgehead atoms. The number of carbonyl (C=O) groups is 2. The fourth-order valence-electron chi connectivity index (χ4n) is 3.85. The first-order chi connectivity index (χ1) is 16.7. The minimum Gasteiger partial charge on any atom is -0.386 e. The number of alkyl halides is 3. The number of nitrogens with one attached hydrogen (secondary N) is 1.